The lowest BCUT2D eigenvalue weighted by Gasteiger charge is -2.17. The molecule has 0 atom stereocenters. The number of aromatic nitrogens is 2. The second kappa shape index (κ2) is 9.37. The molecule has 184 valence electrons. The summed E-state index contributed by atoms with van der Waals surface area (Å²) in [6, 6.07) is 5.29. The van der Waals surface area contributed by atoms with Gasteiger partial charge < -0.3 is 26.4 Å². The van der Waals surface area contributed by atoms with Gasteiger partial charge in [-0.2, -0.15) is 13.2 Å². The maximum absolute atomic E-state index is 13.3. The topological polar surface area (TPSA) is 131 Å². The number of nitrogens with one attached hydrogen (secondary N) is 3. The van der Waals surface area contributed by atoms with Gasteiger partial charge in [0.15, 0.2) is 5.13 Å². The van der Waals surface area contributed by atoms with Crippen LogP contribution in [0.3, 0.4) is 0 Å². The highest BCUT2D eigenvalue weighted by Crippen LogP contribution is 2.37. The predicted molar refractivity (Wildman–Crippen MR) is 118 cm³/mol. The van der Waals surface area contributed by atoms with Gasteiger partial charge in [0, 0.05) is 0 Å². The molecule has 0 saturated heterocycles. The van der Waals surface area contributed by atoms with Gasteiger partial charge in [0.25, 0.3) is 0 Å². The summed E-state index contributed by atoms with van der Waals surface area (Å²) in [4.78, 5) is 32.5. The molecule has 1 fully saturated rings. The van der Waals surface area contributed by atoms with E-state index in [1.54, 1.807) is 0 Å². The molecule has 0 radical (unpaired) electrons. The van der Waals surface area contributed by atoms with Gasteiger partial charge in [-0.05, 0) is 43.2 Å². The molecule has 2 aromatic heterocycles. The molecule has 9 nitrogen and oxygen atoms in total. The van der Waals surface area contributed by atoms with E-state index < -0.39 is 35.1 Å². The lowest BCUT2D eigenvalue weighted by atomic mass is 10.1. The van der Waals surface area contributed by atoms with Crippen LogP contribution < -0.4 is 26.4 Å². The fourth-order valence-electron chi connectivity index (χ4n) is 3.12. The number of carbonyl (C=O) groups excluding carboxylic acids is 2. The Labute approximate surface area is 199 Å². The summed E-state index contributed by atoms with van der Waals surface area (Å²) >= 11 is 0.980. The van der Waals surface area contributed by atoms with Crippen molar-refractivity contribution in [1.29, 1.82) is 0 Å². The maximum atomic E-state index is 13.3. The van der Waals surface area contributed by atoms with Crippen molar-refractivity contribution in [3.63, 3.8) is 0 Å². The zero-order chi connectivity index (χ0) is 25.2. The average Bonchev–Trinajstić information content (AvgIpc) is 3.46. The van der Waals surface area contributed by atoms with E-state index in [0.29, 0.717) is 24.6 Å². The number of hydrogen-bond acceptors (Lipinski definition) is 8. The number of thiazole rings is 1. The number of alkyl halides is 3. The maximum Gasteiger partial charge on any atom is 0.418 e. The first-order valence-electron chi connectivity index (χ1n) is 10.1. The molecule has 3 aromatic rings. The van der Waals surface area contributed by atoms with Crippen molar-refractivity contribution >= 4 is 39.8 Å². The summed E-state index contributed by atoms with van der Waals surface area (Å²) < 4.78 is 57.8. The highest BCUT2D eigenvalue weighted by atomic mass is 32.1. The Bertz CT molecular complexity index is 1240. The number of nitrogen functional groups attached to an aromatic ring is 1. The Morgan fingerprint density at radius 1 is 1.14 bits per heavy atom. The van der Waals surface area contributed by atoms with Crippen LogP contribution in [0.2, 0.25) is 0 Å². The van der Waals surface area contributed by atoms with Gasteiger partial charge in [0.05, 0.1) is 41.6 Å². The van der Waals surface area contributed by atoms with Crippen molar-refractivity contribution in [3.05, 3.63) is 59.8 Å². The van der Waals surface area contributed by atoms with Gasteiger partial charge in [-0.15, -0.1) is 0 Å². The molecular formula is C21H18F4N6O3S. The third kappa shape index (κ3) is 5.95. The zero-order valence-corrected chi connectivity index (χ0v) is 18.6. The van der Waals surface area contributed by atoms with Crippen LogP contribution in [0.15, 0.2) is 42.7 Å². The van der Waals surface area contributed by atoms with Crippen LogP contribution in [-0.2, 0) is 17.5 Å². The molecule has 2 amide bonds. The number of rotatable bonds is 7. The SMILES string of the molecule is Nc1ncc(OC(=O)NC2(C(=O)NCc3ccc(Nc4ccc(F)cc4C(F)(F)F)cn3)CC2)s1. The number of amides is 2. The quantitative estimate of drug-likeness (QED) is 0.354. The van der Waals surface area contributed by atoms with Gasteiger partial charge in [0.2, 0.25) is 11.0 Å². The predicted octanol–water partition coefficient (Wildman–Crippen LogP) is 3.96. The first-order valence-corrected chi connectivity index (χ1v) is 10.9. The van der Waals surface area contributed by atoms with E-state index in [1.807, 2.05) is 0 Å². The molecule has 4 rings (SSSR count). The number of hydrogen-bond donors (Lipinski definition) is 4. The normalized spacial score (nSPS) is 14.2. The van der Waals surface area contributed by atoms with Gasteiger partial charge in [0.1, 0.15) is 11.4 Å². The molecule has 5 N–H and O–H groups in total. The second-order valence-electron chi connectivity index (χ2n) is 7.65. The van der Waals surface area contributed by atoms with Crippen molar-refractivity contribution in [3.8, 4) is 5.06 Å². The average molecular weight is 510 g/mol. The van der Waals surface area contributed by atoms with Crippen molar-refractivity contribution in [2.24, 2.45) is 0 Å². The van der Waals surface area contributed by atoms with Crippen LogP contribution in [0, 0.1) is 5.82 Å². The Balaban J connectivity index is 1.32. The molecule has 1 aliphatic rings. The van der Waals surface area contributed by atoms with Crippen molar-refractivity contribution in [2.75, 3.05) is 11.1 Å². The number of nitrogens with two attached hydrogens (primary N) is 1. The molecule has 0 unspecified atom stereocenters. The minimum Gasteiger partial charge on any atom is -0.397 e. The van der Waals surface area contributed by atoms with Crippen molar-refractivity contribution < 1.29 is 31.9 Å². The molecule has 2 heterocycles. The molecule has 0 bridgehead atoms. The summed E-state index contributed by atoms with van der Waals surface area (Å²) in [5, 5.41) is 8.20. The number of carbonyl (C=O) groups is 2. The van der Waals surface area contributed by atoms with E-state index in [1.165, 1.54) is 24.5 Å². The van der Waals surface area contributed by atoms with Gasteiger partial charge in [-0.1, -0.05) is 11.3 Å². The zero-order valence-electron chi connectivity index (χ0n) is 17.8. The van der Waals surface area contributed by atoms with Gasteiger partial charge in [-0.25, -0.2) is 14.2 Å². The molecule has 0 spiro atoms. The largest absolute Gasteiger partial charge is 0.418 e. The highest BCUT2D eigenvalue weighted by molar-refractivity contribution is 7.17. The highest BCUT2D eigenvalue weighted by Gasteiger charge is 2.51. The lowest BCUT2D eigenvalue weighted by Crippen LogP contribution is -2.49. The van der Waals surface area contributed by atoms with Gasteiger partial charge >= 0.3 is 12.3 Å². The van der Waals surface area contributed by atoms with Crippen LogP contribution in [0.1, 0.15) is 24.1 Å². The fourth-order valence-corrected chi connectivity index (χ4v) is 3.66. The number of nitrogens with zero attached hydrogens (tertiary/aromatic N) is 2. The smallest absolute Gasteiger partial charge is 0.397 e. The van der Waals surface area contributed by atoms with Crippen molar-refractivity contribution in [1.82, 2.24) is 20.6 Å². The number of halogens is 4. The molecule has 0 aliphatic heterocycles. The third-order valence-electron chi connectivity index (χ3n) is 5.04. The van der Waals surface area contributed by atoms with E-state index in [9.17, 15) is 27.2 Å². The lowest BCUT2D eigenvalue weighted by molar-refractivity contribution is -0.137. The van der Waals surface area contributed by atoms with Crippen LogP contribution in [-0.4, -0.2) is 27.5 Å². The minimum absolute atomic E-state index is 0.0211. The van der Waals surface area contributed by atoms with Crippen LogP contribution in [0.5, 0.6) is 5.06 Å². The number of benzene rings is 1. The standard InChI is InChI=1S/C21H18F4N6O3S/c22-11-1-4-15(14(7-11)21(23,24)25)30-13-3-2-12(27-9-13)8-28-17(32)20(5-6-20)31-19(33)34-16-10-29-18(26)35-16/h1-4,7,9-10,30H,5-6,8H2,(H2,26,29)(H,28,32)(H,31,33). The van der Waals surface area contributed by atoms with E-state index in [4.69, 9.17) is 10.5 Å². The van der Waals surface area contributed by atoms with Gasteiger partial charge in [-0.3, -0.25) is 9.78 Å². The summed E-state index contributed by atoms with van der Waals surface area (Å²) in [6.07, 6.45) is -2.12. The summed E-state index contributed by atoms with van der Waals surface area (Å²) in [5.74, 6) is -1.43. The number of pyridine rings is 1. The monoisotopic (exact) mass is 510 g/mol. The van der Waals surface area contributed by atoms with E-state index in [-0.39, 0.29) is 28.1 Å². The second-order valence-corrected chi connectivity index (χ2v) is 8.67. The first-order chi connectivity index (χ1) is 16.5. The third-order valence-corrected chi connectivity index (χ3v) is 5.75. The van der Waals surface area contributed by atoms with Crippen LogP contribution in [0.4, 0.5) is 38.9 Å². The molecule has 14 heteroatoms. The Kier molecular flexibility index (Phi) is 6.47. The Morgan fingerprint density at radius 3 is 2.51 bits per heavy atom. The van der Waals surface area contributed by atoms with Crippen LogP contribution >= 0.6 is 11.3 Å². The molecular weight excluding hydrogens is 492 g/mol. The fraction of sp³-hybridized carbons (Fsp3) is 0.238. The molecule has 35 heavy (non-hydrogen) atoms. The first kappa shape index (κ1) is 24.2. The summed E-state index contributed by atoms with van der Waals surface area (Å²) in [7, 11) is 0. The summed E-state index contributed by atoms with van der Waals surface area (Å²) in [6.45, 7) is 0.0211. The molecule has 1 aromatic carbocycles. The Hall–Kier alpha value is -3.94. The van der Waals surface area contributed by atoms with E-state index in [0.717, 1.165) is 23.5 Å². The van der Waals surface area contributed by atoms with Crippen LogP contribution in [0.25, 0.3) is 0 Å². The van der Waals surface area contributed by atoms with E-state index in [2.05, 4.69) is 25.9 Å². The molecule has 1 aliphatic carbocycles. The molecule has 1 saturated carbocycles. The Morgan fingerprint density at radius 2 is 1.91 bits per heavy atom. The van der Waals surface area contributed by atoms with Crippen molar-refractivity contribution in [2.45, 2.75) is 31.1 Å². The minimum atomic E-state index is -4.74. The summed E-state index contributed by atoms with van der Waals surface area (Å²) in [5.41, 5.74) is 3.59. The number of ether oxygens (including phenoxy) is 1. The van der Waals surface area contributed by atoms with E-state index >= 15 is 0 Å². The number of anilines is 3.